The van der Waals surface area contributed by atoms with Gasteiger partial charge in [-0.1, -0.05) is 47.7 Å². The van der Waals surface area contributed by atoms with Gasteiger partial charge in [-0.2, -0.15) is 5.26 Å². The van der Waals surface area contributed by atoms with E-state index in [2.05, 4.69) is 46.0 Å². The van der Waals surface area contributed by atoms with Crippen LogP contribution in [0.1, 0.15) is 23.6 Å². The molecule has 0 saturated carbocycles. The highest BCUT2D eigenvalue weighted by atomic mass is 32.2. The Morgan fingerprint density at radius 2 is 1.77 bits per heavy atom. The summed E-state index contributed by atoms with van der Waals surface area (Å²) in [6, 6.07) is 26.0. The van der Waals surface area contributed by atoms with E-state index in [1.54, 1.807) is 11.8 Å². The molecule has 1 aromatic heterocycles. The van der Waals surface area contributed by atoms with Crippen LogP contribution in [0.25, 0.3) is 17.1 Å². The van der Waals surface area contributed by atoms with Crippen molar-refractivity contribution in [3.05, 3.63) is 89.5 Å². The molecule has 6 heteroatoms. The van der Waals surface area contributed by atoms with Crippen LogP contribution in [0.5, 0.6) is 5.75 Å². The first-order chi connectivity index (χ1) is 15.2. The highest BCUT2D eigenvalue weighted by Crippen LogP contribution is 2.31. The smallest absolute Gasteiger partial charge is 0.196 e. The molecular weight excluding hydrogens is 404 g/mol. The molecule has 31 heavy (non-hydrogen) atoms. The molecule has 0 atom stereocenters. The molecule has 0 amide bonds. The van der Waals surface area contributed by atoms with E-state index < -0.39 is 0 Å². The number of hydrogen-bond donors (Lipinski definition) is 0. The van der Waals surface area contributed by atoms with Crippen molar-refractivity contribution in [1.82, 2.24) is 14.8 Å². The number of aryl methyl sites for hydroxylation is 1. The van der Waals surface area contributed by atoms with E-state index in [0.717, 1.165) is 39.3 Å². The summed E-state index contributed by atoms with van der Waals surface area (Å²) in [5.74, 6) is 2.37. The average Bonchev–Trinajstić information content (AvgIpc) is 3.23. The number of hydrogen-bond acceptors (Lipinski definition) is 5. The van der Waals surface area contributed by atoms with Gasteiger partial charge < -0.3 is 4.74 Å². The van der Waals surface area contributed by atoms with Crippen molar-refractivity contribution < 1.29 is 4.74 Å². The predicted octanol–water partition coefficient (Wildman–Crippen LogP) is 5.81. The quantitative estimate of drug-likeness (QED) is 0.349. The van der Waals surface area contributed by atoms with Gasteiger partial charge in [0.1, 0.15) is 5.75 Å². The average molecular weight is 427 g/mol. The van der Waals surface area contributed by atoms with Crippen molar-refractivity contribution in [2.45, 2.75) is 24.8 Å². The van der Waals surface area contributed by atoms with E-state index in [9.17, 15) is 0 Å². The summed E-state index contributed by atoms with van der Waals surface area (Å²) in [5.41, 5.74) is 4.96. The molecule has 0 N–H and O–H groups in total. The maximum absolute atomic E-state index is 9.00. The number of thioether (sulfide) groups is 1. The molecule has 5 nitrogen and oxygen atoms in total. The molecule has 154 valence electrons. The number of ether oxygens (including phenoxy) is 1. The largest absolute Gasteiger partial charge is 0.494 e. The first-order valence-corrected chi connectivity index (χ1v) is 11.0. The van der Waals surface area contributed by atoms with Gasteiger partial charge in [-0.25, -0.2) is 0 Å². The Kier molecular flexibility index (Phi) is 6.34. The number of benzene rings is 3. The van der Waals surface area contributed by atoms with Crippen molar-refractivity contribution >= 4 is 11.8 Å². The summed E-state index contributed by atoms with van der Waals surface area (Å²) in [5, 5.41) is 18.8. The summed E-state index contributed by atoms with van der Waals surface area (Å²) in [4.78, 5) is 0. The summed E-state index contributed by atoms with van der Waals surface area (Å²) in [7, 11) is 0. The lowest BCUT2D eigenvalue weighted by Crippen LogP contribution is -2.00. The fourth-order valence-electron chi connectivity index (χ4n) is 3.25. The van der Waals surface area contributed by atoms with Crippen molar-refractivity contribution in [2.75, 3.05) is 6.61 Å². The molecule has 0 spiro atoms. The molecule has 0 aliphatic heterocycles. The van der Waals surface area contributed by atoms with Crippen LogP contribution in [-0.2, 0) is 5.75 Å². The fraction of sp³-hybridized carbons (Fsp3) is 0.160. The molecule has 4 aromatic rings. The number of nitriles is 1. The molecular formula is C25H22N4OS. The molecule has 0 aliphatic rings. The van der Waals surface area contributed by atoms with Gasteiger partial charge in [0.2, 0.25) is 0 Å². The first-order valence-electron chi connectivity index (χ1n) is 10.1. The Morgan fingerprint density at radius 3 is 2.45 bits per heavy atom. The molecule has 0 fully saturated rings. The summed E-state index contributed by atoms with van der Waals surface area (Å²) in [6.45, 7) is 4.68. The molecule has 0 bridgehead atoms. The fourth-order valence-corrected chi connectivity index (χ4v) is 4.16. The van der Waals surface area contributed by atoms with Crippen molar-refractivity contribution in [1.29, 1.82) is 5.26 Å². The Bertz CT molecular complexity index is 1210. The van der Waals surface area contributed by atoms with E-state index >= 15 is 0 Å². The normalized spacial score (nSPS) is 10.6. The van der Waals surface area contributed by atoms with Gasteiger partial charge in [0, 0.05) is 17.0 Å². The lowest BCUT2D eigenvalue weighted by molar-refractivity contribution is 0.340. The van der Waals surface area contributed by atoms with Crippen molar-refractivity contribution in [2.24, 2.45) is 0 Å². The molecule has 0 saturated heterocycles. The van der Waals surface area contributed by atoms with Gasteiger partial charge >= 0.3 is 0 Å². The van der Waals surface area contributed by atoms with Gasteiger partial charge in [0.05, 0.1) is 18.2 Å². The lowest BCUT2D eigenvalue weighted by Gasteiger charge is -2.12. The number of aromatic nitrogens is 3. The van der Waals surface area contributed by atoms with E-state index in [-0.39, 0.29) is 0 Å². The van der Waals surface area contributed by atoms with Crippen LogP contribution in [0.4, 0.5) is 0 Å². The van der Waals surface area contributed by atoms with Crippen LogP contribution >= 0.6 is 11.8 Å². The van der Waals surface area contributed by atoms with Crippen molar-refractivity contribution in [3.63, 3.8) is 0 Å². The Balaban J connectivity index is 1.69. The molecule has 4 rings (SSSR count). The van der Waals surface area contributed by atoms with Crippen LogP contribution in [0, 0.1) is 18.3 Å². The minimum Gasteiger partial charge on any atom is -0.494 e. The molecule has 0 radical (unpaired) electrons. The summed E-state index contributed by atoms with van der Waals surface area (Å²) < 4.78 is 7.68. The lowest BCUT2D eigenvalue weighted by atomic mass is 10.1. The van der Waals surface area contributed by atoms with E-state index in [1.807, 2.05) is 61.5 Å². The zero-order chi connectivity index (χ0) is 21.6. The SMILES string of the molecule is CCOc1ccc(-n2c(SCc3ccc(C#N)cc3)nnc2-c2cccc(C)c2)cc1. The number of rotatable bonds is 7. The van der Waals surface area contributed by atoms with Gasteiger partial charge in [0.15, 0.2) is 11.0 Å². The van der Waals surface area contributed by atoms with E-state index in [0.29, 0.717) is 12.2 Å². The highest BCUT2D eigenvalue weighted by molar-refractivity contribution is 7.98. The Morgan fingerprint density at radius 1 is 1.00 bits per heavy atom. The van der Waals surface area contributed by atoms with Crippen LogP contribution in [-0.4, -0.2) is 21.4 Å². The second kappa shape index (κ2) is 9.50. The molecule has 0 aliphatic carbocycles. The second-order valence-electron chi connectivity index (χ2n) is 7.04. The number of nitrogens with zero attached hydrogens (tertiary/aromatic N) is 4. The van der Waals surface area contributed by atoms with Crippen molar-refractivity contribution in [3.8, 4) is 28.9 Å². The summed E-state index contributed by atoms with van der Waals surface area (Å²) >= 11 is 1.62. The zero-order valence-corrected chi connectivity index (χ0v) is 18.3. The Labute approximate surface area is 186 Å². The van der Waals surface area contributed by atoms with Gasteiger partial charge in [-0.3, -0.25) is 4.57 Å². The molecule has 1 heterocycles. The topological polar surface area (TPSA) is 63.7 Å². The van der Waals surface area contributed by atoms with E-state index in [1.165, 1.54) is 5.56 Å². The van der Waals surface area contributed by atoms with Crippen LogP contribution in [0.2, 0.25) is 0 Å². The van der Waals surface area contributed by atoms with Crippen LogP contribution < -0.4 is 4.74 Å². The molecule has 0 unspecified atom stereocenters. The highest BCUT2D eigenvalue weighted by Gasteiger charge is 2.16. The second-order valence-corrected chi connectivity index (χ2v) is 7.98. The summed E-state index contributed by atoms with van der Waals surface area (Å²) in [6.07, 6.45) is 0. The third-order valence-electron chi connectivity index (χ3n) is 4.77. The van der Waals surface area contributed by atoms with E-state index in [4.69, 9.17) is 10.00 Å². The van der Waals surface area contributed by atoms with Gasteiger partial charge in [-0.05, 0) is 61.9 Å². The standard InChI is InChI=1S/C25H22N4OS/c1-3-30-23-13-11-22(12-14-23)29-24(21-6-4-5-18(2)15-21)27-28-25(29)31-17-20-9-7-19(16-26)8-10-20/h4-15H,3,17H2,1-2H3. The predicted molar refractivity (Wildman–Crippen MR) is 123 cm³/mol. The van der Waals surface area contributed by atoms with Gasteiger partial charge in [0.25, 0.3) is 0 Å². The van der Waals surface area contributed by atoms with Crippen LogP contribution in [0.15, 0.2) is 78.0 Å². The third-order valence-corrected chi connectivity index (χ3v) is 5.77. The monoisotopic (exact) mass is 426 g/mol. The van der Waals surface area contributed by atoms with Gasteiger partial charge in [-0.15, -0.1) is 10.2 Å². The van der Waals surface area contributed by atoms with Crippen LogP contribution in [0.3, 0.4) is 0 Å². The zero-order valence-electron chi connectivity index (χ0n) is 17.4. The maximum atomic E-state index is 9.00. The third kappa shape index (κ3) is 4.79. The molecule has 3 aromatic carbocycles. The first kappa shape index (κ1) is 20.7. The maximum Gasteiger partial charge on any atom is 0.196 e. The Hall–Kier alpha value is -3.56. The minimum absolute atomic E-state index is 0.631. The minimum atomic E-state index is 0.631.